The van der Waals surface area contributed by atoms with Crippen LogP contribution in [0.4, 0.5) is 5.69 Å². The maximum atomic E-state index is 13.0. The van der Waals surface area contributed by atoms with Gasteiger partial charge < -0.3 is 5.32 Å². The van der Waals surface area contributed by atoms with Gasteiger partial charge in [0.15, 0.2) is 0 Å². The zero-order valence-electron chi connectivity index (χ0n) is 16.6. The van der Waals surface area contributed by atoms with Crippen LogP contribution < -0.4 is 10.9 Å². The molecule has 0 spiro atoms. The van der Waals surface area contributed by atoms with Crippen molar-refractivity contribution >= 4 is 40.4 Å². The summed E-state index contributed by atoms with van der Waals surface area (Å²) in [6, 6.07) is 10.0. The predicted octanol–water partition coefficient (Wildman–Crippen LogP) is 4.30. The van der Waals surface area contributed by atoms with Crippen molar-refractivity contribution in [1.29, 1.82) is 0 Å². The highest BCUT2D eigenvalue weighted by molar-refractivity contribution is 6.42. The maximum Gasteiger partial charge on any atom is 0.258 e. The van der Waals surface area contributed by atoms with Crippen LogP contribution in [0.15, 0.2) is 47.4 Å². The first kappa shape index (κ1) is 20.8. The molecule has 8 heteroatoms. The Kier molecular flexibility index (Phi) is 6.09. The fraction of sp³-hybridized carbons (Fsp3) is 0.318. The molecule has 6 nitrogen and oxygen atoms in total. The number of hydrogen-bond acceptors (Lipinski definition) is 4. The number of nitrogens with zero attached hydrogens (tertiary/aromatic N) is 3. The Hall–Kier alpha value is -2.41. The van der Waals surface area contributed by atoms with E-state index in [-0.39, 0.29) is 17.5 Å². The Morgan fingerprint density at radius 3 is 2.80 bits per heavy atom. The number of aryl methyl sites for hydroxylation is 1. The van der Waals surface area contributed by atoms with E-state index in [1.54, 1.807) is 34.9 Å². The molecule has 1 atom stereocenters. The Bertz CT molecular complexity index is 1160. The maximum absolute atomic E-state index is 13.0. The molecule has 0 bridgehead atoms. The number of pyridine rings is 1. The topological polar surface area (TPSA) is 66.7 Å². The molecular weight excluding hydrogens is 423 g/mol. The van der Waals surface area contributed by atoms with Crippen molar-refractivity contribution in [2.24, 2.45) is 0 Å². The molecular formula is C22H22Cl2N4O2. The number of hydrogen-bond donors (Lipinski definition) is 1. The largest absolute Gasteiger partial charge is 0.325 e. The lowest BCUT2D eigenvalue weighted by atomic mass is 10.0. The highest BCUT2D eigenvalue weighted by Gasteiger charge is 2.29. The number of rotatable bonds is 4. The molecule has 1 fully saturated rings. The Labute approximate surface area is 184 Å². The van der Waals surface area contributed by atoms with Crippen molar-refractivity contribution in [1.82, 2.24) is 14.3 Å². The molecule has 30 heavy (non-hydrogen) atoms. The Morgan fingerprint density at radius 1 is 1.17 bits per heavy atom. The van der Waals surface area contributed by atoms with E-state index in [9.17, 15) is 9.59 Å². The second-order valence-corrected chi connectivity index (χ2v) is 8.43. The summed E-state index contributed by atoms with van der Waals surface area (Å²) in [6.07, 6.45) is 4.51. The van der Waals surface area contributed by atoms with Gasteiger partial charge in [-0.2, -0.15) is 0 Å². The minimum Gasteiger partial charge on any atom is -0.325 e. The molecule has 0 radical (unpaired) electrons. The number of anilines is 1. The fourth-order valence-corrected chi connectivity index (χ4v) is 4.12. The summed E-state index contributed by atoms with van der Waals surface area (Å²) in [5, 5.41) is 3.77. The zero-order valence-corrected chi connectivity index (χ0v) is 18.1. The first-order valence-corrected chi connectivity index (χ1v) is 10.7. The van der Waals surface area contributed by atoms with E-state index >= 15 is 0 Å². The highest BCUT2D eigenvalue weighted by Crippen LogP contribution is 2.26. The minimum absolute atomic E-state index is 0.0961. The lowest BCUT2D eigenvalue weighted by Crippen LogP contribution is -2.46. The van der Waals surface area contributed by atoms with Gasteiger partial charge in [-0.25, -0.2) is 4.98 Å². The molecule has 0 aliphatic carbocycles. The summed E-state index contributed by atoms with van der Waals surface area (Å²) in [5.41, 5.74) is 2.76. The normalized spacial score (nSPS) is 17.2. The third kappa shape index (κ3) is 4.51. The summed E-state index contributed by atoms with van der Waals surface area (Å²) in [5.74, 6) is -0.0961. The second kappa shape index (κ2) is 8.76. The van der Waals surface area contributed by atoms with Crippen molar-refractivity contribution in [3.63, 3.8) is 0 Å². The Morgan fingerprint density at radius 2 is 2.00 bits per heavy atom. The first-order chi connectivity index (χ1) is 14.4. The number of fused-ring (bicyclic) bond motifs is 1. The number of nitrogens with one attached hydrogen (secondary N) is 1. The average Bonchev–Trinajstić information content (AvgIpc) is 2.72. The van der Waals surface area contributed by atoms with Crippen molar-refractivity contribution in [3.8, 4) is 0 Å². The number of halogens is 2. The minimum atomic E-state index is -0.300. The van der Waals surface area contributed by atoms with Crippen LogP contribution >= 0.6 is 23.2 Å². The molecule has 1 N–H and O–H groups in total. The van der Waals surface area contributed by atoms with Crippen LogP contribution in [0.25, 0.3) is 5.65 Å². The van der Waals surface area contributed by atoms with Crippen molar-refractivity contribution in [2.75, 3.05) is 11.9 Å². The third-order valence-electron chi connectivity index (χ3n) is 5.33. The van der Waals surface area contributed by atoms with Gasteiger partial charge in [0.05, 0.1) is 21.8 Å². The second-order valence-electron chi connectivity index (χ2n) is 7.62. The van der Waals surface area contributed by atoms with Crippen LogP contribution in [0.5, 0.6) is 0 Å². The highest BCUT2D eigenvalue weighted by atomic mass is 35.5. The van der Waals surface area contributed by atoms with Gasteiger partial charge >= 0.3 is 0 Å². The number of carbonyl (C=O) groups excluding carboxylic acids is 1. The van der Waals surface area contributed by atoms with E-state index < -0.39 is 0 Å². The van der Waals surface area contributed by atoms with Gasteiger partial charge in [-0.1, -0.05) is 35.7 Å². The lowest BCUT2D eigenvalue weighted by Gasteiger charge is -2.34. The van der Waals surface area contributed by atoms with E-state index in [2.05, 4.69) is 15.2 Å². The molecule has 1 aromatic carbocycles. The fourth-order valence-electron chi connectivity index (χ4n) is 3.82. The molecule has 1 saturated heterocycles. The molecule has 1 aliphatic heterocycles. The monoisotopic (exact) mass is 444 g/mol. The van der Waals surface area contributed by atoms with Crippen LogP contribution in [0, 0.1) is 6.92 Å². The van der Waals surface area contributed by atoms with Crippen molar-refractivity contribution in [2.45, 2.75) is 38.8 Å². The quantitative estimate of drug-likeness (QED) is 0.650. The summed E-state index contributed by atoms with van der Waals surface area (Å²) in [6.45, 7) is 3.15. The molecule has 156 valence electrons. The molecule has 1 aliphatic rings. The molecule has 1 amide bonds. The van der Waals surface area contributed by atoms with Crippen molar-refractivity contribution < 1.29 is 4.79 Å². The molecule has 2 aromatic heterocycles. The number of carbonyl (C=O) groups is 1. The summed E-state index contributed by atoms with van der Waals surface area (Å²) >= 11 is 12.0. The van der Waals surface area contributed by atoms with Crippen molar-refractivity contribution in [3.05, 3.63) is 74.3 Å². The van der Waals surface area contributed by atoms with Crippen LogP contribution in [-0.2, 0) is 11.3 Å². The molecule has 1 unspecified atom stereocenters. The molecule has 3 aromatic rings. The van der Waals surface area contributed by atoms with Gasteiger partial charge in [-0.3, -0.25) is 18.9 Å². The average molecular weight is 445 g/mol. The number of aromatic nitrogens is 2. The van der Waals surface area contributed by atoms with Crippen LogP contribution in [0.1, 0.15) is 30.5 Å². The smallest absolute Gasteiger partial charge is 0.258 e. The third-order valence-corrected chi connectivity index (χ3v) is 6.07. The van der Waals surface area contributed by atoms with E-state index in [1.165, 1.54) is 0 Å². The van der Waals surface area contributed by atoms with Gasteiger partial charge in [0, 0.05) is 24.5 Å². The van der Waals surface area contributed by atoms with Crippen LogP contribution in [-0.4, -0.2) is 32.8 Å². The van der Waals surface area contributed by atoms with E-state index in [1.807, 2.05) is 19.1 Å². The van der Waals surface area contributed by atoms with E-state index in [4.69, 9.17) is 23.2 Å². The molecule has 3 heterocycles. The van der Waals surface area contributed by atoms with E-state index in [0.717, 1.165) is 31.4 Å². The summed E-state index contributed by atoms with van der Waals surface area (Å²) in [4.78, 5) is 32.2. The molecule has 4 rings (SSSR count). The number of piperidine rings is 1. The SMILES string of the molecule is Cc1ccc2nc(CN3CCCCC3C(=O)Nc3ccc(Cl)c(Cl)c3)cc(=O)n2c1. The number of benzene rings is 1. The molecule has 0 saturated carbocycles. The number of likely N-dealkylation sites (tertiary alicyclic amines) is 1. The van der Waals surface area contributed by atoms with Gasteiger partial charge in [0.25, 0.3) is 5.56 Å². The summed E-state index contributed by atoms with van der Waals surface area (Å²) in [7, 11) is 0. The summed E-state index contributed by atoms with van der Waals surface area (Å²) < 4.78 is 1.55. The van der Waals surface area contributed by atoms with Crippen LogP contribution in [0.2, 0.25) is 10.0 Å². The van der Waals surface area contributed by atoms with E-state index in [0.29, 0.717) is 33.6 Å². The number of amides is 1. The first-order valence-electron chi connectivity index (χ1n) is 9.89. The van der Waals surface area contributed by atoms with Crippen LogP contribution in [0.3, 0.4) is 0 Å². The zero-order chi connectivity index (χ0) is 21.3. The standard InChI is InChI=1S/C22H22Cl2N4O2/c1-14-5-8-20-25-16(11-21(29)28(20)12-14)13-27-9-3-2-4-19(27)22(30)26-15-6-7-17(23)18(24)10-15/h5-8,10-12,19H,2-4,9,13H2,1H3,(H,26,30). The van der Waals surface area contributed by atoms with Gasteiger partial charge in [-0.15, -0.1) is 0 Å². The van der Waals surface area contributed by atoms with Gasteiger partial charge in [0.1, 0.15) is 5.65 Å². The predicted molar refractivity (Wildman–Crippen MR) is 119 cm³/mol. The van der Waals surface area contributed by atoms with Gasteiger partial charge in [0.2, 0.25) is 5.91 Å². The lowest BCUT2D eigenvalue weighted by molar-refractivity contribution is -0.122. The van der Waals surface area contributed by atoms with Gasteiger partial charge in [-0.05, 0) is 56.1 Å². The Balaban J connectivity index is 1.54.